The molecule has 0 spiro atoms. The Bertz CT molecular complexity index is 776. The number of carbonyl (C=O) groups is 2. The van der Waals surface area contributed by atoms with E-state index < -0.39 is 57.5 Å². The summed E-state index contributed by atoms with van der Waals surface area (Å²) in [4.78, 5) is 23.6. The van der Waals surface area contributed by atoms with E-state index in [0.717, 1.165) is 0 Å². The second-order valence-corrected chi connectivity index (χ2v) is 8.45. The summed E-state index contributed by atoms with van der Waals surface area (Å²) in [5, 5.41) is -5.77. The average Bonchev–Trinajstić information content (AvgIpc) is 3.09. The van der Waals surface area contributed by atoms with Gasteiger partial charge in [0.1, 0.15) is 6.10 Å². The minimum absolute atomic E-state index is 0.0698. The van der Waals surface area contributed by atoms with E-state index in [2.05, 4.69) is 11.3 Å². The van der Waals surface area contributed by atoms with Crippen molar-refractivity contribution in [3.8, 4) is 0 Å². The number of esters is 2. The summed E-state index contributed by atoms with van der Waals surface area (Å²) in [6.07, 6.45) is -10.5. The van der Waals surface area contributed by atoms with Gasteiger partial charge in [-0.25, -0.2) is 4.79 Å². The molecule has 7 nitrogen and oxygen atoms in total. The lowest BCUT2D eigenvalue weighted by Crippen LogP contribution is -2.53. The van der Waals surface area contributed by atoms with Gasteiger partial charge in [-0.1, -0.05) is 6.58 Å². The Hall–Kier alpha value is -1.76. The Kier molecular flexibility index (Phi) is 5.83. The highest BCUT2D eigenvalue weighted by Crippen LogP contribution is 2.51. The fraction of sp³-hybridized carbons (Fsp3) is 0.733. The van der Waals surface area contributed by atoms with E-state index in [1.54, 1.807) is 0 Å². The first-order valence-corrected chi connectivity index (χ1v) is 9.48. The highest BCUT2D eigenvalue weighted by molar-refractivity contribution is 7.86. The van der Waals surface area contributed by atoms with Gasteiger partial charge < -0.3 is 9.47 Å². The molecule has 5 unspecified atom stereocenters. The summed E-state index contributed by atoms with van der Waals surface area (Å²) in [6, 6.07) is 0. The van der Waals surface area contributed by atoms with E-state index in [1.165, 1.54) is 6.92 Å². The van der Waals surface area contributed by atoms with Crippen molar-refractivity contribution in [3.63, 3.8) is 0 Å². The van der Waals surface area contributed by atoms with Gasteiger partial charge in [-0.3, -0.25) is 9.35 Å². The van der Waals surface area contributed by atoms with Crippen LogP contribution in [0.25, 0.3) is 0 Å². The fourth-order valence-corrected chi connectivity index (χ4v) is 4.01. The molecule has 1 N–H and O–H groups in total. The summed E-state index contributed by atoms with van der Waals surface area (Å²) in [7, 11) is -6.49. The van der Waals surface area contributed by atoms with Gasteiger partial charge >= 0.3 is 33.5 Å². The third kappa shape index (κ3) is 4.29. The number of hydrogen-bond donors (Lipinski definition) is 1. The van der Waals surface area contributed by atoms with E-state index >= 15 is 0 Å². The van der Waals surface area contributed by atoms with Crippen LogP contribution in [0, 0.1) is 17.8 Å². The number of halogens is 5. The summed E-state index contributed by atoms with van der Waals surface area (Å²) >= 11 is 0. The zero-order valence-corrected chi connectivity index (χ0v) is 15.2. The van der Waals surface area contributed by atoms with E-state index in [9.17, 15) is 40.0 Å². The SMILES string of the molecule is C=C(C)C(=O)OC1CC2CC1CC2C(=O)OC(C(F)(F)F)C(F)(F)S(=O)(=O)O. The van der Waals surface area contributed by atoms with Crippen molar-refractivity contribution in [1.82, 2.24) is 0 Å². The Balaban J connectivity index is 2.09. The van der Waals surface area contributed by atoms with Crippen LogP contribution >= 0.6 is 0 Å². The maximum absolute atomic E-state index is 13.5. The Morgan fingerprint density at radius 3 is 2.07 bits per heavy atom. The van der Waals surface area contributed by atoms with E-state index in [0.29, 0.717) is 6.42 Å². The molecule has 28 heavy (non-hydrogen) atoms. The van der Waals surface area contributed by atoms with Crippen molar-refractivity contribution >= 4 is 22.1 Å². The Morgan fingerprint density at radius 1 is 1.11 bits per heavy atom. The van der Waals surface area contributed by atoms with Gasteiger partial charge in [0.15, 0.2) is 0 Å². The van der Waals surface area contributed by atoms with Crippen LogP contribution in [0.3, 0.4) is 0 Å². The molecule has 2 aliphatic carbocycles. The van der Waals surface area contributed by atoms with Gasteiger partial charge in [-0.2, -0.15) is 30.4 Å². The molecule has 2 fully saturated rings. The van der Waals surface area contributed by atoms with Gasteiger partial charge in [0.05, 0.1) is 5.92 Å². The van der Waals surface area contributed by atoms with Crippen LogP contribution in [-0.4, -0.2) is 48.5 Å². The number of alkyl halides is 5. The Labute approximate surface area is 156 Å². The number of fused-ring (bicyclic) bond motifs is 2. The van der Waals surface area contributed by atoms with Crippen LogP contribution < -0.4 is 0 Å². The topological polar surface area (TPSA) is 107 Å². The zero-order valence-electron chi connectivity index (χ0n) is 14.4. The number of hydrogen-bond acceptors (Lipinski definition) is 6. The van der Waals surface area contributed by atoms with Gasteiger partial charge in [-0.15, -0.1) is 0 Å². The monoisotopic (exact) mass is 436 g/mol. The number of ether oxygens (including phenoxy) is 2. The molecule has 2 saturated carbocycles. The molecule has 0 aliphatic heterocycles. The van der Waals surface area contributed by atoms with Gasteiger partial charge in [0.2, 0.25) is 0 Å². The van der Waals surface area contributed by atoms with Gasteiger partial charge in [0, 0.05) is 5.57 Å². The van der Waals surface area contributed by atoms with Crippen LogP contribution in [0.2, 0.25) is 0 Å². The van der Waals surface area contributed by atoms with Crippen LogP contribution in [0.4, 0.5) is 22.0 Å². The average molecular weight is 436 g/mol. The minimum Gasteiger partial charge on any atom is -0.459 e. The molecule has 160 valence electrons. The molecule has 5 atom stereocenters. The molecule has 0 aromatic carbocycles. The summed E-state index contributed by atoms with van der Waals surface area (Å²) < 4.78 is 104. The molecule has 0 amide bonds. The lowest BCUT2D eigenvalue weighted by atomic mass is 9.87. The molecular weight excluding hydrogens is 419 g/mol. The largest absolute Gasteiger partial charge is 0.459 e. The minimum atomic E-state index is -6.49. The van der Waals surface area contributed by atoms with E-state index in [4.69, 9.17) is 9.29 Å². The predicted molar refractivity (Wildman–Crippen MR) is 81.4 cm³/mol. The smallest absolute Gasteiger partial charge is 0.432 e. The molecule has 0 saturated heterocycles. The highest BCUT2D eigenvalue weighted by Gasteiger charge is 2.66. The van der Waals surface area contributed by atoms with Crippen molar-refractivity contribution in [3.05, 3.63) is 12.2 Å². The van der Waals surface area contributed by atoms with Gasteiger partial charge in [-0.05, 0) is 38.0 Å². The molecular formula is C15H17F5O7S. The number of rotatable bonds is 6. The maximum atomic E-state index is 13.5. The van der Waals surface area contributed by atoms with Crippen LogP contribution in [0.1, 0.15) is 26.2 Å². The molecule has 0 aromatic rings. The predicted octanol–water partition coefficient (Wildman–Crippen LogP) is 2.48. The molecule has 2 bridgehead atoms. The van der Waals surface area contributed by atoms with Crippen molar-refractivity contribution in [2.45, 2.75) is 49.8 Å². The molecule has 2 rings (SSSR count). The standard InChI is InChI=1S/C15H17F5O7S/c1-6(2)11(21)26-10-5-7-3-8(10)4-9(7)12(22)27-13(14(16,17)18)15(19,20)28(23,24)25/h7-10,13H,1,3-5H2,2H3,(H,23,24,25). The van der Waals surface area contributed by atoms with Crippen LogP contribution in [-0.2, 0) is 29.2 Å². The molecule has 2 aliphatic rings. The lowest BCUT2D eigenvalue weighted by Gasteiger charge is -2.30. The molecule has 13 heteroatoms. The van der Waals surface area contributed by atoms with Crippen molar-refractivity contribution in [1.29, 1.82) is 0 Å². The third-order valence-corrected chi connectivity index (χ3v) is 5.78. The van der Waals surface area contributed by atoms with E-state index in [1.807, 2.05) is 0 Å². The molecule has 0 radical (unpaired) electrons. The second-order valence-electron chi connectivity index (χ2n) is 6.95. The first-order chi connectivity index (χ1) is 12.6. The quantitative estimate of drug-likeness (QED) is 0.295. The third-order valence-electron chi connectivity index (χ3n) is 4.88. The number of carbonyl (C=O) groups excluding carboxylic acids is 2. The Morgan fingerprint density at radius 2 is 1.68 bits per heavy atom. The first-order valence-electron chi connectivity index (χ1n) is 8.04. The van der Waals surface area contributed by atoms with Crippen molar-refractivity contribution in [2.24, 2.45) is 17.8 Å². The molecule has 0 heterocycles. The molecule has 0 aromatic heterocycles. The summed E-state index contributed by atoms with van der Waals surface area (Å²) in [5.74, 6) is -4.46. The normalized spacial score (nSPS) is 28.7. The van der Waals surface area contributed by atoms with E-state index in [-0.39, 0.29) is 24.3 Å². The first kappa shape index (κ1) is 22.5. The lowest BCUT2D eigenvalue weighted by molar-refractivity contribution is -0.261. The van der Waals surface area contributed by atoms with Crippen molar-refractivity contribution < 1.29 is 54.0 Å². The fourth-order valence-electron chi connectivity index (χ4n) is 3.56. The maximum Gasteiger partial charge on any atom is 0.432 e. The van der Waals surface area contributed by atoms with Crippen LogP contribution in [0.5, 0.6) is 0 Å². The zero-order chi connectivity index (χ0) is 21.7. The second kappa shape index (κ2) is 7.25. The highest BCUT2D eigenvalue weighted by atomic mass is 32.2. The van der Waals surface area contributed by atoms with Crippen LogP contribution in [0.15, 0.2) is 12.2 Å². The summed E-state index contributed by atoms with van der Waals surface area (Å²) in [5.41, 5.74) is 0.138. The van der Waals surface area contributed by atoms with Crippen molar-refractivity contribution in [2.75, 3.05) is 0 Å². The van der Waals surface area contributed by atoms with Gasteiger partial charge in [0.25, 0.3) is 6.10 Å². The summed E-state index contributed by atoms with van der Waals surface area (Å²) in [6.45, 7) is 4.82.